The fourth-order valence-electron chi connectivity index (χ4n) is 1.34. The predicted molar refractivity (Wildman–Crippen MR) is 71.7 cm³/mol. The maximum atomic E-state index is 5.35. The molecule has 0 bridgehead atoms. The van der Waals surface area contributed by atoms with Crippen LogP contribution in [0.4, 0.5) is 17.8 Å². The number of methoxy groups -OCH3 is 1. The fraction of sp³-hybridized carbons (Fsp3) is 0.700. The minimum absolute atomic E-state index is 0.349. The van der Waals surface area contributed by atoms with Crippen LogP contribution >= 0.6 is 0 Å². The Bertz CT molecular complexity index is 371. The lowest BCUT2D eigenvalue weighted by atomic mass is 10.4. The molecule has 1 rings (SSSR count). The van der Waals surface area contributed by atoms with Crippen LogP contribution in [0.1, 0.15) is 6.42 Å². The molecule has 0 saturated carbocycles. The van der Waals surface area contributed by atoms with Gasteiger partial charge in [-0.1, -0.05) is 0 Å². The molecule has 0 atom stereocenters. The first-order chi connectivity index (χ1) is 8.58. The van der Waals surface area contributed by atoms with Crippen LogP contribution in [-0.4, -0.2) is 56.4 Å². The number of nitrogens with one attached hydrogen (secondary N) is 1. The van der Waals surface area contributed by atoms with Gasteiger partial charge in [0, 0.05) is 41.4 Å². The van der Waals surface area contributed by atoms with Crippen LogP contribution in [0.15, 0.2) is 0 Å². The van der Waals surface area contributed by atoms with Gasteiger partial charge in [-0.25, -0.2) is 5.84 Å². The molecule has 1 heterocycles. The van der Waals surface area contributed by atoms with E-state index in [2.05, 4.69) is 20.4 Å². The summed E-state index contributed by atoms with van der Waals surface area (Å²) in [5, 5.41) is 0. The lowest BCUT2D eigenvalue weighted by molar-refractivity contribution is 0.196. The standard InChI is InChI=1S/C10H21N7O/c1-16(2)9-12-8(15-11)13-10(14-9)17(3)6-5-7-18-4/h5-7,11H2,1-4H3,(H,12,13,14,15). The number of nitrogens with zero attached hydrogens (tertiary/aromatic N) is 5. The summed E-state index contributed by atoms with van der Waals surface area (Å²) in [4.78, 5) is 16.5. The summed E-state index contributed by atoms with van der Waals surface area (Å²) in [5.41, 5.74) is 2.44. The Labute approximate surface area is 107 Å². The molecule has 1 aromatic heterocycles. The summed E-state index contributed by atoms with van der Waals surface area (Å²) in [6, 6.07) is 0. The van der Waals surface area contributed by atoms with Crippen molar-refractivity contribution in [3.63, 3.8) is 0 Å². The van der Waals surface area contributed by atoms with Gasteiger partial charge < -0.3 is 14.5 Å². The SMILES string of the molecule is COCCCN(C)c1nc(NN)nc(N(C)C)n1. The number of nitrogens with two attached hydrogens (primary N) is 1. The molecular formula is C10H21N7O. The molecule has 0 aliphatic carbocycles. The van der Waals surface area contributed by atoms with Gasteiger partial charge in [-0.3, -0.25) is 5.43 Å². The molecule has 3 N–H and O–H groups in total. The van der Waals surface area contributed by atoms with Crippen LogP contribution in [-0.2, 0) is 4.74 Å². The Kier molecular flexibility index (Phi) is 5.53. The van der Waals surface area contributed by atoms with Crippen molar-refractivity contribution < 1.29 is 4.74 Å². The normalized spacial score (nSPS) is 10.3. The number of hydrogen-bond donors (Lipinski definition) is 2. The van der Waals surface area contributed by atoms with E-state index in [1.807, 2.05) is 26.0 Å². The van der Waals surface area contributed by atoms with E-state index >= 15 is 0 Å². The zero-order valence-electron chi connectivity index (χ0n) is 11.3. The van der Waals surface area contributed by atoms with Crippen molar-refractivity contribution in [3.8, 4) is 0 Å². The number of ether oxygens (including phenoxy) is 1. The summed E-state index contributed by atoms with van der Waals surface area (Å²) < 4.78 is 5.01. The molecule has 0 saturated heterocycles. The van der Waals surface area contributed by atoms with Gasteiger partial charge in [0.25, 0.3) is 0 Å². The van der Waals surface area contributed by atoms with E-state index in [0.29, 0.717) is 24.5 Å². The second kappa shape index (κ2) is 6.92. The zero-order valence-corrected chi connectivity index (χ0v) is 11.3. The van der Waals surface area contributed by atoms with E-state index in [-0.39, 0.29) is 0 Å². The Morgan fingerprint density at radius 2 is 1.83 bits per heavy atom. The van der Waals surface area contributed by atoms with E-state index in [0.717, 1.165) is 13.0 Å². The topological polar surface area (TPSA) is 92.4 Å². The number of anilines is 3. The first kappa shape index (κ1) is 14.4. The number of rotatable bonds is 7. The summed E-state index contributed by atoms with van der Waals surface area (Å²) >= 11 is 0. The average molecular weight is 255 g/mol. The maximum Gasteiger partial charge on any atom is 0.243 e. The molecule has 1 aromatic rings. The van der Waals surface area contributed by atoms with Crippen LogP contribution in [0.5, 0.6) is 0 Å². The van der Waals surface area contributed by atoms with Gasteiger partial charge >= 0.3 is 0 Å². The second-order valence-corrected chi connectivity index (χ2v) is 4.07. The number of hydrazine groups is 1. The van der Waals surface area contributed by atoms with Gasteiger partial charge in [0.1, 0.15) is 0 Å². The highest BCUT2D eigenvalue weighted by atomic mass is 16.5. The summed E-state index contributed by atoms with van der Waals surface area (Å²) in [6.07, 6.45) is 0.904. The largest absolute Gasteiger partial charge is 0.385 e. The van der Waals surface area contributed by atoms with E-state index in [1.54, 1.807) is 12.0 Å². The molecule has 0 aliphatic heterocycles. The van der Waals surface area contributed by atoms with E-state index in [1.165, 1.54) is 0 Å². The van der Waals surface area contributed by atoms with Crippen molar-refractivity contribution in [1.29, 1.82) is 0 Å². The van der Waals surface area contributed by atoms with Gasteiger partial charge in [-0.15, -0.1) is 0 Å². The molecule has 0 unspecified atom stereocenters. The molecule has 0 amide bonds. The molecule has 0 spiro atoms. The van der Waals surface area contributed by atoms with Gasteiger partial charge in [0.2, 0.25) is 17.8 Å². The number of nitrogen functional groups attached to an aromatic ring is 1. The molecule has 0 fully saturated rings. The van der Waals surface area contributed by atoms with E-state index < -0.39 is 0 Å². The Hall–Kier alpha value is -1.67. The lowest BCUT2D eigenvalue weighted by Gasteiger charge is -2.19. The van der Waals surface area contributed by atoms with Gasteiger partial charge in [0.15, 0.2) is 0 Å². The maximum absolute atomic E-state index is 5.35. The third-order valence-electron chi connectivity index (χ3n) is 2.32. The average Bonchev–Trinajstić information content (AvgIpc) is 2.38. The quantitative estimate of drug-likeness (QED) is 0.389. The third-order valence-corrected chi connectivity index (χ3v) is 2.32. The van der Waals surface area contributed by atoms with Crippen molar-refractivity contribution in [2.75, 3.05) is 56.6 Å². The number of aromatic nitrogens is 3. The molecule has 8 heteroatoms. The second-order valence-electron chi connectivity index (χ2n) is 4.07. The fourth-order valence-corrected chi connectivity index (χ4v) is 1.34. The summed E-state index contributed by atoms with van der Waals surface area (Å²) in [7, 11) is 7.34. The summed E-state index contributed by atoms with van der Waals surface area (Å²) in [6.45, 7) is 1.51. The predicted octanol–water partition coefficient (Wildman–Crippen LogP) is -0.304. The van der Waals surface area contributed by atoms with Gasteiger partial charge in [0.05, 0.1) is 0 Å². The Balaban J connectivity index is 2.82. The van der Waals surface area contributed by atoms with Crippen LogP contribution < -0.4 is 21.1 Å². The van der Waals surface area contributed by atoms with Crippen LogP contribution in [0.2, 0.25) is 0 Å². The third kappa shape index (κ3) is 3.97. The molecular weight excluding hydrogens is 234 g/mol. The molecule has 0 aliphatic rings. The van der Waals surface area contributed by atoms with Crippen molar-refractivity contribution in [3.05, 3.63) is 0 Å². The molecule has 0 radical (unpaired) electrons. The Morgan fingerprint density at radius 1 is 1.17 bits per heavy atom. The zero-order chi connectivity index (χ0) is 13.5. The van der Waals surface area contributed by atoms with E-state index in [9.17, 15) is 0 Å². The van der Waals surface area contributed by atoms with Crippen LogP contribution in [0.3, 0.4) is 0 Å². The Morgan fingerprint density at radius 3 is 2.39 bits per heavy atom. The van der Waals surface area contributed by atoms with Crippen molar-refractivity contribution in [1.82, 2.24) is 15.0 Å². The van der Waals surface area contributed by atoms with Crippen LogP contribution in [0.25, 0.3) is 0 Å². The molecule has 8 nitrogen and oxygen atoms in total. The monoisotopic (exact) mass is 255 g/mol. The first-order valence-corrected chi connectivity index (χ1v) is 5.68. The first-order valence-electron chi connectivity index (χ1n) is 5.68. The van der Waals surface area contributed by atoms with Crippen LogP contribution in [0, 0.1) is 0 Å². The lowest BCUT2D eigenvalue weighted by Crippen LogP contribution is -2.25. The van der Waals surface area contributed by atoms with Gasteiger partial charge in [-0.05, 0) is 6.42 Å². The van der Waals surface area contributed by atoms with Crippen molar-refractivity contribution in [2.24, 2.45) is 5.84 Å². The minimum atomic E-state index is 0.349. The van der Waals surface area contributed by atoms with Crippen molar-refractivity contribution in [2.45, 2.75) is 6.42 Å². The highest BCUT2D eigenvalue weighted by Gasteiger charge is 2.10. The molecule has 0 aromatic carbocycles. The minimum Gasteiger partial charge on any atom is -0.385 e. The number of hydrogen-bond acceptors (Lipinski definition) is 8. The smallest absolute Gasteiger partial charge is 0.243 e. The van der Waals surface area contributed by atoms with Gasteiger partial charge in [-0.2, -0.15) is 15.0 Å². The molecule has 18 heavy (non-hydrogen) atoms. The van der Waals surface area contributed by atoms with E-state index in [4.69, 9.17) is 10.6 Å². The highest BCUT2D eigenvalue weighted by Crippen LogP contribution is 2.13. The highest BCUT2D eigenvalue weighted by molar-refractivity contribution is 5.43. The molecule has 102 valence electrons. The van der Waals surface area contributed by atoms with Crippen molar-refractivity contribution >= 4 is 17.8 Å². The summed E-state index contributed by atoms with van der Waals surface area (Å²) in [5.74, 6) is 6.84.